The molecule has 0 unspecified atom stereocenters. The fraction of sp³-hybridized carbons (Fsp3) is 0.250. The van der Waals surface area contributed by atoms with Crippen molar-refractivity contribution in [1.29, 1.82) is 0 Å². The first kappa shape index (κ1) is 27.7. The molecule has 5 aromatic rings. The average molecular weight is 577 g/mol. The van der Waals surface area contributed by atoms with Gasteiger partial charge in [-0.2, -0.15) is 5.10 Å². The zero-order chi connectivity index (χ0) is 29.1. The number of carbonyl (C=O) groups is 2. The summed E-state index contributed by atoms with van der Waals surface area (Å²) in [4.78, 5) is 34.1. The van der Waals surface area contributed by atoms with Crippen molar-refractivity contribution in [3.63, 3.8) is 0 Å². The highest BCUT2D eigenvalue weighted by atomic mass is 35.5. The van der Waals surface area contributed by atoms with Gasteiger partial charge >= 0.3 is 0 Å². The lowest BCUT2D eigenvalue weighted by molar-refractivity contribution is 0.0995. The number of halogens is 1. The third-order valence-corrected chi connectivity index (χ3v) is 6.78. The van der Waals surface area contributed by atoms with Crippen LogP contribution in [0.3, 0.4) is 0 Å². The summed E-state index contributed by atoms with van der Waals surface area (Å²) in [6.45, 7) is 5.21. The van der Waals surface area contributed by atoms with Crippen LogP contribution in [0.2, 0.25) is 5.02 Å². The van der Waals surface area contributed by atoms with E-state index in [0.717, 1.165) is 11.3 Å². The van der Waals surface area contributed by atoms with Gasteiger partial charge in [-0.3, -0.25) is 19.6 Å². The summed E-state index contributed by atoms with van der Waals surface area (Å²) in [5, 5.41) is 11.0. The number of aryl methyl sites for hydroxylation is 3. The lowest BCUT2D eigenvalue weighted by atomic mass is 10.1. The van der Waals surface area contributed by atoms with Gasteiger partial charge in [0.25, 0.3) is 11.9 Å². The minimum atomic E-state index is -0.612. The van der Waals surface area contributed by atoms with E-state index in [1.54, 1.807) is 35.1 Å². The number of nitrogens with two attached hydrogens (primary N) is 1. The molecule has 12 nitrogen and oxygen atoms in total. The summed E-state index contributed by atoms with van der Waals surface area (Å²) in [5.41, 5.74) is 8.74. The number of nitrogens with zero attached hydrogens (tertiary/aromatic N) is 5. The Morgan fingerprint density at radius 2 is 2.00 bits per heavy atom. The van der Waals surface area contributed by atoms with Gasteiger partial charge in [-0.15, -0.1) is 0 Å². The molecule has 3 heterocycles. The third-order valence-electron chi connectivity index (χ3n) is 6.45. The first-order valence-electron chi connectivity index (χ1n) is 13.0. The van der Waals surface area contributed by atoms with E-state index in [9.17, 15) is 9.59 Å². The van der Waals surface area contributed by atoms with Gasteiger partial charge in [0.1, 0.15) is 17.0 Å². The summed E-state index contributed by atoms with van der Waals surface area (Å²) in [6, 6.07) is 12.6. The molecule has 0 atom stereocenters. The number of hydrogen-bond acceptors (Lipinski definition) is 8. The quantitative estimate of drug-likeness (QED) is 0.191. The maximum Gasteiger partial charge on any atom is 0.295 e. The number of amides is 2. The Labute approximate surface area is 240 Å². The Kier molecular flexibility index (Phi) is 7.92. The lowest BCUT2D eigenvalue weighted by Gasteiger charge is -2.13. The Morgan fingerprint density at radius 1 is 1.20 bits per heavy atom. The van der Waals surface area contributed by atoms with E-state index in [0.29, 0.717) is 71.3 Å². The number of anilines is 2. The van der Waals surface area contributed by atoms with Crippen LogP contribution in [0.4, 0.5) is 12.0 Å². The van der Waals surface area contributed by atoms with E-state index in [1.807, 2.05) is 36.6 Å². The van der Waals surface area contributed by atoms with E-state index in [4.69, 9.17) is 26.5 Å². The van der Waals surface area contributed by atoms with Gasteiger partial charge in [0, 0.05) is 30.8 Å². The van der Waals surface area contributed by atoms with E-state index >= 15 is 0 Å². The van der Waals surface area contributed by atoms with Crippen molar-refractivity contribution in [2.75, 3.05) is 24.3 Å². The Balaban J connectivity index is 1.39. The number of primary amides is 1. The van der Waals surface area contributed by atoms with Crippen LogP contribution >= 0.6 is 11.6 Å². The van der Waals surface area contributed by atoms with Crippen molar-refractivity contribution in [3.8, 4) is 17.1 Å². The van der Waals surface area contributed by atoms with Crippen molar-refractivity contribution < 1.29 is 18.7 Å². The number of hydrogen-bond donors (Lipinski definition) is 3. The molecule has 0 bridgehead atoms. The van der Waals surface area contributed by atoms with Gasteiger partial charge in [0.15, 0.2) is 5.76 Å². The zero-order valence-corrected chi connectivity index (χ0v) is 23.5. The number of carbonyl (C=O) groups excluding carboxylic acids is 2. The number of rotatable bonds is 11. The van der Waals surface area contributed by atoms with E-state index < -0.39 is 5.91 Å². The number of aromatic nitrogens is 5. The standard InChI is InChI=1S/C28H29ClN8O4/c1-4-37-21(12-16(2)35-37)26(39)34-27-33-20-13-17(25(30)38)14-22(40-3)24(20)36(27)11-7-10-31-28-32-15-23(41-28)18-8-5-6-9-19(18)29/h5-6,8-9,12-15H,4,7,10-11H2,1-3H3,(H2,30,38)(H,31,32)(H,33,34,39). The Bertz CT molecular complexity index is 1740. The normalized spacial score (nSPS) is 11.1. The molecule has 0 spiro atoms. The van der Waals surface area contributed by atoms with E-state index in [1.165, 1.54) is 7.11 Å². The molecule has 2 amide bonds. The van der Waals surface area contributed by atoms with Crippen LogP contribution in [-0.2, 0) is 13.1 Å². The van der Waals surface area contributed by atoms with Crippen LogP contribution in [0.15, 0.2) is 53.1 Å². The van der Waals surface area contributed by atoms with Gasteiger partial charge in [-0.25, -0.2) is 9.97 Å². The van der Waals surface area contributed by atoms with Crippen LogP contribution in [0.5, 0.6) is 5.75 Å². The Morgan fingerprint density at radius 3 is 2.73 bits per heavy atom. The highest BCUT2D eigenvalue weighted by Crippen LogP contribution is 2.32. The molecule has 0 aliphatic rings. The first-order chi connectivity index (χ1) is 19.8. The minimum absolute atomic E-state index is 0.247. The molecule has 41 heavy (non-hydrogen) atoms. The molecular formula is C28H29ClN8O4. The SMILES string of the molecule is CCn1nc(C)cc1C(=O)Nc1nc2cc(C(N)=O)cc(OC)c2n1CCCNc1ncc(-c2ccccc2Cl)o1. The van der Waals surface area contributed by atoms with Crippen LogP contribution in [0.25, 0.3) is 22.4 Å². The summed E-state index contributed by atoms with van der Waals surface area (Å²) in [7, 11) is 1.50. The fourth-order valence-electron chi connectivity index (χ4n) is 4.55. The maximum absolute atomic E-state index is 13.3. The smallest absolute Gasteiger partial charge is 0.295 e. The van der Waals surface area contributed by atoms with Crippen molar-refractivity contribution in [2.24, 2.45) is 5.73 Å². The van der Waals surface area contributed by atoms with Gasteiger partial charge in [-0.1, -0.05) is 23.7 Å². The lowest BCUT2D eigenvalue weighted by Crippen LogP contribution is -2.20. The predicted molar refractivity (Wildman–Crippen MR) is 155 cm³/mol. The fourth-order valence-corrected chi connectivity index (χ4v) is 4.78. The molecule has 0 saturated carbocycles. The van der Waals surface area contributed by atoms with Crippen molar-refractivity contribution in [1.82, 2.24) is 24.3 Å². The first-order valence-corrected chi connectivity index (χ1v) is 13.3. The zero-order valence-electron chi connectivity index (χ0n) is 22.8. The molecule has 0 aliphatic heterocycles. The monoisotopic (exact) mass is 576 g/mol. The number of ether oxygens (including phenoxy) is 1. The van der Waals surface area contributed by atoms with Crippen molar-refractivity contribution >= 4 is 46.4 Å². The molecule has 0 saturated heterocycles. The molecule has 5 rings (SSSR count). The van der Waals surface area contributed by atoms with Gasteiger partial charge in [-0.05, 0) is 50.6 Å². The number of benzene rings is 2. The van der Waals surface area contributed by atoms with Crippen LogP contribution < -0.4 is 21.1 Å². The van der Waals surface area contributed by atoms with Gasteiger partial charge in [0.05, 0.1) is 29.5 Å². The van der Waals surface area contributed by atoms with Crippen LogP contribution in [0, 0.1) is 6.92 Å². The third kappa shape index (κ3) is 5.73. The maximum atomic E-state index is 13.3. The second-order valence-corrected chi connectivity index (χ2v) is 9.64. The van der Waals surface area contributed by atoms with Crippen LogP contribution in [0.1, 0.15) is 39.9 Å². The molecule has 212 valence electrons. The van der Waals surface area contributed by atoms with E-state index in [-0.39, 0.29) is 11.5 Å². The van der Waals surface area contributed by atoms with E-state index in [2.05, 4.69) is 25.7 Å². The van der Waals surface area contributed by atoms with Gasteiger partial charge in [0.2, 0.25) is 11.9 Å². The van der Waals surface area contributed by atoms with Crippen LogP contribution in [-0.4, -0.2) is 49.8 Å². The highest BCUT2D eigenvalue weighted by Gasteiger charge is 2.21. The summed E-state index contributed by atoms with van der Waals surface area (Å²) >= 11 is 6.27. The highest BCUT2D eigenvalue weighted by molar-refractivity contribution is 6.33. The number of fused-ring (bicyclic) bond motifs is 1. The van der Waals surface area contributed by atoms with Crippen molar-refractivity contribution in [3.05, 3.63) is 70.6 Å². The van der Waals surface area contributed by atoms with Gasteiger partial charge < -0.3 is 24.8 Å². The second kappa shape index (κ2) is 11.7. The molecule has 2 aromatic carbocycles. The average Bonchev–Trinajstić information content (AvgIpc) is 3.67. The predicted octanol–water partition coefficient (Wildman–Crippen LogP) is 4.73. The molecule has 0 aliphatic carbocycles. The number of oxazole rings is 1. The largest absolute Gasteiger partial charge is 0.494 e. The molecule has 0 fully saturated rings. The minimum Gasteiger partial charge on any atom is -0.494 e. The molecule has 4 N–H and O–H groups in total. The summed E-state index contributed by atoms with van der Waals surface area (Å²) in [5.74, 6) is 0.287. The molecule has 0 radical (unpaired) electrons. The number of methoxy groups -OCH3 is 1. The number of nitrogens with one attached hydrogen (secondary N) is 2. The topological polar surface area (TPSA) is 155 Å². The van der Waals surface area contributed by atoms with Crippen molar-refractivity contribution in [2.45, 2.75) is 33.4 Å². The second-order valence-electron chi connectivity index (χ2n) is 9.23. The molecular weight excluding hydrogens is 548 g/mol. The summed E-state index contributed by atoms with van der Waals surface area (Å²) < 4.78 is 14.9. The molecule has 13 heteroatoms. The number of imidazole rings is 1. The Hall–Kier alpha value is -4.84. The summed E-state index contributed by atoms with van der Waals surface area (Å²) in [6.07, 6.45) is 2.22. The molecule has 3 aromatic heterocycles.